The molecule has 0 amide bonds. The highest BCUT2D eigenvalue weighted by Gasteiger charge is 2.26. The molecule has 0 aliphatic carbocycles. The van der Waals surface area contributed by atoms with Gasteiger partial charge in [0.2, 0.25) is 0 Å². The molecule has 1 unspecified atom stereocenters. The van der Waals surface area contributed by atoms with E-state index in [2.05, 4.69) is 69.1 Å². The molecule has 112 valence electrons. The van der Waals surface area contributed by atoms with Gasteiger partial charge in [0, 0.05) is 30.9 Å². The summed E-state index contributed by atoms with van der Waals surface area (Å²) in [5.74, 6) is 1.64. The molecule has 1 aliphatic rings. The first kappa shape index (κ1) is 15.4. The summed E-state index contributed by atoms with van der Waals surface area (Å²) in [7, 11) is 0. The molecular weight excluding hydrogens is 244 g/mol. The molecule has 1 atom stereocenters. The fourth-order valence-corrected chi connectivity index (χ4v) is 2.88. The summed E-state index contributed by atoms with van der Waals surface area (Å²) in [6.45, 7) is 14.7. The molecule has 1 aliphatic heterocycles. The Morgan fingerprint density at radius 3 is 2.55 bits per heavy atom. The summed E-state index contributed by atoms with van der Waals surface area (Å²) in [5.41, 5.74) is 3.01. The third-order valence-electron chi connectivity index (χ3n) is 4.31. The predicted molar refractivity (Wildman–Crippen MR) is 88.2 cm³/mol. The molecule has 1 aromatic carbocycles. The third kappa shape index (κ3) is 3.99. The molecule has 1 saturated heterocycles. The first-order valence-electron chi connectivity index (χ1n) is 7.95. The van der Waals surface area contributed by atoms with Gasteiger partial charge in [-0.05, 0) is 50.7 Å². The van der Waals surface area contributed by atoms with Crippen LogP contribution in [0.3, 0.4) is 0 Å². The molecule has 0 radical (unpaired) electrons. The molecule has 20 heavy (non-hydrogen) atoms. The van der Waals surface area contributed by atoms with E-state index in [4.69, 9.17) is 0 Å². The number of nitrogens with one attached hydrogen (secondary N) is 1. The molecule has 1 fully saturated rings. The molecule has 1 aromatic rings. The van der Waals surface area contributed by atoms with Crippen LogP contribution in [-0.2, 0) is 6.54 Å². The van der Waals surface area contributed by atoms with E-state index < -0.39 is 0 Å². The van der Waals surface area contributed by atoms with E-state index in [0.29, 0.717) is 0 Å². The van der Waals surface area contributed by atoms with Crippen molar-refractivity contribution in [2.45, 2.75) is 53.1 Å². The van der Waals surface area contributed by atoms with Crippen molar-refractivity contribution < 1.29 is 0 Å². The van der Waals surface area contributed by atoms with Crippen molar-refractivity contribution in [3.05, 3.63) is 29.8 Å². The summed E-state index contributed by atoms with van der Waals surface area (Å²) in [6.07, 6.45) is 1.33. The van der Waals surface area contributed by atoms with E-state index in [1.165, 1.54) is 30.8 Å². The van der Waals surface area contributed by atoms with E-state index in [-0.39, 0.29) is 5.54 Å². The van der Waals surface area contributed by atoms with Gasteiger partial charge in [-0.3, -0.25) is 0 Å². The van der Waals surface area contributed by atoms with E-state index in [1.807, 2.05) is 0 Å². The van der Waals surface area contributed by atoms with Crippen molar-refractivity contribution >= 4 is 5.69 Å². The zero-order valence-electron chi connectivity index (χ0n) is 13.7. The van der Waals surface area contributed by atoms with Gasteiger partial charge in [0.05, 0.1) is 0 Å². The molecule has 0 spiro atoms. The first-order chi connectivity index (χ1) is 9.37. The number of hydrogen-bond donors (Lipinski definition) is 1. The molecule has 0 saturated carbocycles. The van der Waals surface area contributed by atoms with Crippen LogP contribution in [0.25, 0.3) is 0 Å². The van der Waals surface area contributed by atoms with Crippen molar-refractivity contribution in [2.75, 3.05) is 18.0 Å². The lowest BCUT2D eigenvalue weighted by Crippen LogP contribution is -2.35. The van der Waals surface area contributed by atoms with Gasteiger partial charge in [-0.25, -0.2) is 0 Å². The van der Waals surface area contributed by atoms with E-state index in [9.17, 15) is 0 Å². The van der Waals surface area contributed by atoms with Crippen molar-refractivity contribution in [1.29, 1.82) is 0 Å². The van der Waals surface area contributed by atoms with E-state index in [1.54, 1.807) is 0 Å². The van der Waals surface area contributed by atoms with Gasteiger partial charge in [-0.15, -0.1) is 0 Å². The van der Waals surface area contributed by atoms with Crippen LogP contribution < -0.4 is 10.2 Å². The highest BCUT2D eigenvalue weighted by atomic mass is 15.2. The topological polar surface area (TPSA) is 15.3 Å². The van der Waals surface area contributed by atoms with Crippen LogP contribution in [0.15, 0.2) is 24.3 Å². The zero-order chi connectivity index (χ0) is 14.8. The Kier molecular flexibility index (Phi) is 4.74. The monoisotopic (exact) mass is 274 g/mol. The maximum atomic E-state index is 3.61. The van der Waals surface area contributed by atoms with Gasteiger partial charge in [0.15, 0.2) is 0 Å². The lowest BCUT2D eigenvalue weighted by Gasteiger charge is -2.26. The van der Waals surface area contributed by atoms with Gasteiger partial charge < -0.3 is 10.2 Å². The van der Waals surface area contributed by atoms with Crippen LogP contribution in [0.1, 0.15) is 46.6 Å². The minimum absolute atomic E-state index is 0.165. The van der Waals surface area contributed by atoms with Crippen molar-refractivity contribution in [3.63, 3.8) is 0 Å². The second kappa shape index (κ2) is 6.17. The smallest absolute Gasteiger partial charge is 0.0411 e. The Bertz CT molecular complexity index is 431. The van der Waals surface area contributed by atoms with Gasteiger partial charge in [-0.2, -0.15) is 0 Å². The van der Waals surface area contributed by atoms with Gasteiger partial charge in [0.1, 0.15) is 0 Å². The van der Waals surface area contributed by atoms with Gasteiger partial charge in [-0.1, -0.05) is 32.0 Å². The second-order valence-electron chi connectivity index (χ2n) is 7.47. The van der Waals surface area contributed by atoms with Crippen LogP contribution in [0.5, 0.6) is 0 Å². The summed E-state index contributed by atoms with van der Waals surface area (Å²) in [6, 6.07) is 8.86. The van der Waals surface area contributed by atoms with Crippen molar-refractivity contribution in [1.82, 2.24) is 5.32 Å². The maximum Gasteiger partial charge on any atom is 0.0411 e. The average molecular weight is 274 g/mol. The van der Waals surface area contributed by atoms with E-state index >= 15 is 0 Å². The SMILES string of the molecule is CC(C)C1CCN(c2ccccc2CNC(C)(C)C)C1. The number of para-hydroxylation sites is 1. The van der Waals surface area contributed by atoms with Gasteiger partial charge >= 0.3 is 0 Å². The number of anilines is 1. The third-order valence-corrected chi connectivity index (χ3v) is 4.31. The first-order valence-corrected chi connectivity index (χ1v) is 7.95. The second-order valence-corrected chi connectivity index (χ2v) is 7.47. The van der Waals surface area contributed by atoms with Gasteiger partial charge in [0.25, 0.3) is 0 Å². The lowest BCUT2D eigenvalue weighted by molar-refractivity contribution is 0.421. The molecular formula is C18H30N2. The highest BCUT2D eigenvalue weighted by molar-refractivity contribution is 5.54. The molecule has 2 nitrogen and oxygen atoms in total. The summed E-state index contributed by atoms with van der Waals surface area (Å²) < 4.78 is 0. The molecule has 2 rings (SSSR count). The molecule has 0 aromatic heterocycles. The predicted octanol–water partition coefficient (Wildman–Crippen LogP) is 4.06. The van der Waals surface area contributed by atoms with Crippen LogP contribution in [0, 0.1) is 11.8 Å². The molecule has 2 heteroatoms. The Hall–Kier alpha value is -1.02. The molecule has 1 heterocycles. The minimum Gasteiger partial charge on any atom is -0.371 e. The summed E-state index contributed by atoms with van der Waals surface area (Å²) >= 11 is 0. The number of nitrogens with zero attached hydrogens (tertiary/aromatic N) is 1. The Morgan fingerprint density at radius 2 is 1.95 bits per heavy atom. The summed E-state index contributed by atoms with van der Waals surface area (Å²) in [5, 5.41) is 3.61. The normalized spacial score (nSPS) is 19.9. The average Bonchev–Trinajstić information content (AvgIpc) is 2.85. The van der Waals surface area contributed by atoms with Crippen molar-refractivity contribution in [2.24, 2.45) is 11.8 Å². The van der Waals surface area contributed by atoms with Crippen LogP contribution in [-0.4, -0.2) is 18.6 Å². The lowest BCUT2D eigenvalue weighted by atomic mass is 9.95. The van der Waals surface area contributed by atoms with Crippen LogP contribution in [0.2, 0.25) is 0 Å². The molecule has 1 N–H and O–H groups in total. The Morgan fingerprint density at radius 1 is 1.25 bits per heavy atom. The zero-order valence-corrected chi connectivity index (χ0v) is 13.7. The van der Waals surface area contributed by atoms with Crippen molar-refractivity contribution in [3.8, 4) is 0 Å². The number of rotatable bonds is 4. The number of benzene rings is 1. The standard InChI is InChI=1S/C18H30N2/c1-14(2)16-10-11-20(13-16)17-9-7-6-8-15(17)12-19-18(3,4)5/h6-9,14,16,19H,10-13H2,1-5H3. The van der Waals surface area contributed by atoms with E-state index in [0.717, 1.165) is 18.4 Å². The van der Waals surface area contributed by atoms with Crippen LogP contribution >= 0.6 is 0 Å². The Balaban J connectivity index is 2.08. The minimum atomic E-state index is 0.165. The Labute approximate surface area is 124 Å². The number of hydrogen-bond acceptors (Lipinski definition) is 2. The fraction of sp³-hybridized carbons (Fsp3) is 0.667. The summed E-state index contributed by atoms with van der Waals surface area (Å²) in [4.78, 5) is 2.57. The quantitative estimate of drug-likeness (QED) is 0.891. The largest absolute Gasteiger partial charge is 0.371 e. The maximum absolute atomic E-state index is 3.61. The molecule has 0 bridgehead atoms. The fourth-order valence-electron chi connectivity index (χ4n) is 2.88. The van der Waals surface area contributed by atoms with Crippen LogP contribution in [0.4, 0.5) is 5.69 Å². The highest BCUT2D eigenvalue weighted by Crippen LogP contribution is 2.30.